The molecule has 5 heteroatoms. The van der Waals surface area contributed by atoms with Crippen molar-refractivity contribution in [3.05, 3.63) is 52.8 Å². The smallest absolute Gasteiger partial charge is 0.181 e. The summed E-state index contributed by atoms with van der Waals surface area (Å²) in [5.41, 5.74) is 6.21. The largest absolute Gasteiger partial charge is 0.382 e. The zero-order valence-corrected chi connectivity index (χ0v) is 8.00. The van der Waals surface area contributed by atoms with Crippen molar-refractivity contribution in [2.45, 2.75) is 6.54 Å². The van der Waals surface area contributed by atoms with Crippen LogP contribution in [0.3, 0.4) is 0 Å². The normalized spacial score (nSPS) is 10.1. The van der Waals surface area contributed by atoms with E-state index in [-0.39, 0.29) is 5.43 Å². The van der Waals surface area contributed by atoms with Gasteiger partial charge < -0.3 is 10.3 Å². The molecule has 0 bridgehead atoms. The third-order valence-corrected chi connectivity index (χ3v) is 1.93. The minimum atomic E-state index is -0.00496. The van der Waals surface area contributed by atoms with Gasteiger partial charge in [-0.2, -0.15) is 0 Å². The molecule has 2 heterocycles. The summed E-state index contributed by atoms with van der Waals surface area (Å²) in [6.45, 7) is 0.577. The van der Waals surface area contributed by atoms with Crippen LogP contribution in [0.2, 0.25) is 0 Å². The molecule has 0 atom stereocenters. The van der Waals surface area contributed by atoms with E-state index in [9.17, 15) is 4.79 Å². The predicted molar refractivity (Wildman–Crippen MR) is 56.2 cm³/mol. The van der Waals surface area contributed by atoms with Gasteiger partial charge in [0.2, 0.25) is 0 Å². The molecule has 0 saturated heterocycles. The van der Waals surface area contributed by atoms with Crippen LogP contribution in [0.15, 0.2) is 41.7 Å². The minimum absolute atomic E-state index is 0.00496. The number of pyridine rings is 1. The molecule has 0 amide bonds. The van der Waals surface area contributed by atoms with E-state index in [0.717, 1.165) is 5.69 Å². The van der Waals surface area contributed by atoms with E-state index in [0.29, 0.717) is 12.4 Å². The third-order valence-electron chi connectivity index (χ3n) is 1.93. The van der Waals surface area contributed by atoms with Crippen LogP contribution in [0.4, 0.5) is 5.82 Å². The molecule has 2 aromatic rings. The van der Waals surface area contributed by atoms with E-state index in [2.05, 4.69) is 9.97 Å². The van der Waals surface area contributed by atoms with Gasteiger partial charge in [0, 0.05) is 24.5 Å². The first-order valence-electron chi connectivity index (χ1n) is 4.46. The van der Waals surface area contributed by atoms with Crippen LogP contribution in [0.1, 0.15) is 5.69 Å². The second-order valence-corrected chi connectivity index (χ2v) is 3.14. The molecule has 0 fully saturated rings. The summed E-state index contributed by atoms with van der Waals surface area (Å²) in [5.74, 6) is 0.402. The first-order valence-corrected chi connectivity index (χ1v) is 4.46. The van der Waals surface area contributed by atoms with Gasteiger partial charge in [0.05, 0.1) is 24.6 Å². The molecule has 0 radical (unpaired) electrons. The lowest BCUT2D eigenvalue weighted by molar-refractivity contribution is 0.761. The second kappa shape index (κ2) is 3.91. The zero-order chi connectivity index (χ0) is 10.7. The Morgan fingerprint density at radius 2 is 1.93 bits per heavy atom. The fraction of sp³-hybridized carbons (Fsp3) is 0.100. The summed E-state index contributed by atoms with van der Waals surface area (Å²) in [6.07, 6.45) is 6.55. The molecule has 0 aliphatic carbocycles. The number of anilines is 1. The lowest BCUT2D eigenvalue weighted by Crippen LogP contribution is -2.06. The molecule has 0 aromatic carbocycles. The van der Waals surface area contributed by atoms with Gasteiger partial charge in [0.15, 0.2) is 5.43 Å². The van der Waals surface area contributed by atoms with Crippen LogP contribution in [0, 0.1) is 0 Å². The highest BCUT2D eigenvalue weighted by Crippen LogP contribution is 1.98. The maximum absolute atomic E-state index is 10.9. The van der Waals surface area contributed by atoms with Crippen molar-refractivity contribution in [3.63, 3.8) is 0 Å². The summed E-state index contributed by atoms with van der Waals surface area (Å²) >= 11 is 0. The van der Waals surface area contributed by atoms with Gasteiger partial charge in [-0.1, -0.05) is 0 Å². The van der Waals surface area contributed by atoms with E-state index in [4.69, 9.17) is 5.73 Å². The van der Waals surface area contributed by atoms with E-state index in [1.54, 1.807) is 18.6 Å². The van der Waals surface area contributed by atoms with Crippen LogP contribution >= 0.6 is 0 Å². The van der Waals surface area contributed by atoms with Crippen molar-refractivity contribution in [2.75, 3.05) is 5.73 Å². The van der Waals surface area contributed by atoms with Crippen molar-refractivity contribution in [2.24, 2.45) is 0 Å². The summed E-state index contributed by atoms with van der Waals surface area (Å²) in [7, 11) is 0. The Hall–Kier alpha value is -2.17. The Labute approximate surface area is 86.2 Å². The van der Waals surface area contributed by atoms with Gasteiger partial charge in [-0.05, 0) is 0 Å². The van der Waals surface area contributed by atoms with Crippen molar-refractivity contribution in [1.29, 1.82) is 0 Å². The Kier molecular flexibility index (Phi) is 2.45. The molecule has 0 spiro atoms. The van der Waals surface area contributed by atoms with Crippen molar-refractivity contribution in [1.82, 2.24) is 14.5 Å². The molecule has 0 unspecified atom stereocenters. The topological polar surface area (TPSA) is 73.8 Å². The van der Waals surface area contributed by atoms with Crippen LogP contribution in [0.25, 0.3) is 0 Å². The average molecular weight is 202 g/mol. The highest BCUT2D eigenvalue weighted by Gasteiger charge is 1.95. The fourth-order valence-corrected chi connectivity index (χ4v) is 1.18. The molecular weight excluding hydrogens is 192 g/mol. The van der Waals surface area contributed by atoms with E-state index in [1.165, 1.54) is 18.3 Å². The van der Waals surface area contributed by atoms with Gasteiger partial charge in [-0.15, -0.1) is 0 Å². The average Bonchev–Trinajstić information content (AvgIpc) is 2.25. The lowest BCUT2D eigenvalue weighted by Gasteiger charge is -2.04. The lowest BCUT2D eigenvalue weighted by atomic mass is 10.4. The van der Waals surface area contributed by atoms with Crippen molar-refractivity contribution in [3.8, 4) is 0 Å². The third kappa shape index (κ3) is 2.40. The minimum Gasteiger partial charge on any atom is -0.382 e. The molecule has 2 rings (SSSR count). The second-order valence-electron chi connectivity index (χ2n) is 3.14. The van der Waals surface area contributed by atoms with Crippen LogP contribution in [-0.2, 0) is 6.54 Å². The molecule has 5 nitrogen and oxygen atoms in total. The van der Waals surface area contributed by atoms with Gasteiger partial charge in [-0.3, -0.25) is 9.78 Å². The molecule has 76 valence electrons. The number of hydrogen-bond donors (Lipinski definition) is 1. The van der Waals surface area contributed by atoms with Gasteiger partial charge in [-0.25, -0.2) is 4.98 Å². The fourth-order valence-electron chi connectivity index (χ4n) is 1.18. The Morgan fingerprint density at radius 1 is 1.20 bits per heavy atom. The van der Waals surface area contributed by atoms with Crippen molar-refractivity contribution < 1.29 is 0 Å². The number of rotatable bonds is 2. The van der Waals surface area contributed by atoms with Crippen molar-refractivity contribution >= 4 is 5.82 Å². The first kappa shape index (κ1) is 9.39. The van der Waals surface area contributed by atoms with Gasteiger partial charge in [0.1, 0.15) is 5.82 Å². The molecular formula is C10H10N4O. The van der Waals surface area contributed by atoms with Crippen LogP contribution < -0.4 is 11.2 Å². The molecule has 15 heavy (non-hydrogen) atoms. The first-order chi connectivity index (χ1) is 7.24. The van der Waals surface area contributed by atoms with Crippen LogP contribution in [-0.4, -0.2) is 14.5 Å². The SMILES string of the molecule is Nc1cnc(Cn2ccc(=O)cc2)cn1. The molecule has 0 saturated carbocycles. The van der Waals surface area contributed by atoms with E-state index in [1.807, 2.05) is 4.57 Å². The summed E-state index contributed by atoms with van der Waals surface area (Å²) in [5, 5.41) is 0. The summed E-state index contributed by atoms with van der Waals surface area (Å²) in [6, 6.07) is 3.01. The molecule has 2 N–H and O–H groups in total. The standard InChI is InChI=1S/C10H10N4O/c11-10-6-12-8(5-13-10)7-14-3-1-9(15)2-4-14/h1-6H,7H2,(H2,11,13). The zero-order valence-electron chi connectivity index (χ0n) is 8.00. The van der Waals surface area contributed by atoms with E-state index >= 15 is 0 Å². The quantitative estimate of drug-likeness (QED) is 0.758. The Morgan fingerprint density at radius 3 is 2.53 bits per heavy atom. The Balaban J connectivity index is 2.18. The Bertz CT molecular complexity index is 483. The number of aromatic nitrogens is 3. The summed E-state index contributed by atoms with van der Waals surface area (Å²) in [4.78, 5) is 18.9. The predicted octanol–water partition coefficient (Wildman–Crippen LogP) is 0.269. The monoisotopic (exact) mass is 202 g/mol. The maximum Gasteiger partial charge on any atom is 0.181 e. The summed E-state index contributed by atoms with van der Waals surface area (Å²) < 4.78 is 1.85. The molecule has 2 aromatic heterocycles. The van der Waals surface area contributed by atoms with Gasteiger partial charge >= 0.3 is 0 Å². The van der Waals surface area contributed by atoms with Crippen LogP contribution in [0.5, 0.6) is 0 Å². The molecule has 0 aliphatic rings. The number of nitrogens with zero attached hydrogens (tertiary/aromatic N) is 3. The molecule has 0 aliphatic heterocycles. The number of nitrogens with two attached hydrogens (primary N) is 1. The highest BCUT2D eigenvalue weighted by atomic mass is 16.1. The highest BCUT2D eigenvalue weighted by molar-refractivity contribution is 5.22. The maximum atomic E-state index is 10.9. The number of hydrogen-bond acceptors (Lipinski definition) is 4. The van der Waals surface area contributed by atoms with Gasteiger partial charge in [0.25, 0.3) is 0 Å². The number of nitrogen functional groups attached to an aromatic ring is 1. The van der Waals surface area contributed by atoms with E-state index < -0.39 is 0 Å².